The molecule has 2 atom stereocenters. The fraction of sp³-hybridized carbons (Fsp3) is 0.636. The van der Waals surface area contributed by atoms with E-state index in [0.717, 1.165) is 11.8 Å². The Bertz CT molecular complexity index is 279. The average Bonchev–Trinajstić information content (AvgIpc) is 2.45. The van der Waals surface area contributed by atoms with E-state index in [1.165, 1.54) is 24.3 Å². The van der Waals surface area contributed by atoms with Gasteiger partial charge in [0.15, 0.2) is 0 Å². The third-order valence-electron chi connectivity index (χ3n) is 3.06. The van der Waals surface area contributed by atoms with E-state index in [4.69, 9.17) is 0 Å². The summed E-state index contributed by atoms with van der Waals surface area (Å²) in [6.45, 7) is 3.37. The lowest BCUT2D eigenvalue weighted by molar-refractivity contribution is 0.251. The van der Waals surface area contributed by atoms with Crippen molar-refractivity contribution in [3.8, 4) is 0 Å². The van der Waals surface area contributed by atoms with Gasteiger partial charge in [-0.25, -0.2) is 0 Å². The van der Waals surface area contributed by atoms with Gasteiger partial charge in [0.1, 0.15) is 0 Å². The van der Waals surface area contributed by atoms with Gasteiger partial charge in [-0.2, -0.15) is 0 Å². The lowest BCUT2D eigenvalue weighted by atomic mass is 9.70. The van der Waals surface area contributed by atoms with E-state index in [1.54, 1.807) is 5.56 Å². The van der Waals surface area contributed by atoms with Crippen molar-refractivity contribution in [3.63, 3.8) is 0 Å². The molecule has 1 aromatic rings. The van der Waals surface area contributed by atoms with E-state index in [1.807, 2.05) is 18.4 Å². The summed E-state index contributed by atoms with van der Waals surface area (Å²) in [4.78, 5) is 1.45. The van der Waals surface area contributed by atoms with Crippen LogP contribution in [-0.2, 0) is 0 Å². The molecule has 2 heteroatoms. The van der Waals surface area contributed by atoms with Gasteiger partial charge in [0.25, 0.3) is 0 Å². The maximum absolute atomic E-state index is 3.28. The van der Waals surface area contributed by atoms with Gasteiger partial charge in [-0.05, 0) is 62.2 Å². The minimum atomic E-state index is 0.845. The second-order valence-electron chi connectivity index (χ2n) is 3.99. The second kappa shape index (κ2) is 3.81. The minimum Gasteiger partial charge on any atom is -0.319 e. The van der Waals surface area contributed by atoms with Crippen molar-refractivity contribution >= 4 is 11.3 Å². The average molecular weight is 195 g/mol. The summed E-state index contributed by atoms with van der Waals surface area (Å²) in [6.07, 6.45) is 2.79. The van der Waals surface area contributed by atoms with Gasteiger partial charge in [-0.1, -0.05) is 0 Å². The summed E-state index contributed by atoms with van der Waals surface area (Å²) in [5.74, 6) is 1.73. The van der Waals surface area contributed by atoms with E-state index in [2.05, 4.69) is 23.7 Å². The van der Waals surface area contributed by atoms with Crippen molar-refractivity contribution in [1.82, 2.24) is 5.32 Å². The molecular formula is C11H17NS. The number of hydrogen-bond acceptors (Lipinski definition) is 2. The van der Waals surface area contributed by atoms with Gasteiger partial charge < -0.3 is 5.32 Å². The highest BCUT2D eigenvalue weighted by Gasteiger charge is 2.31. The van der Waals surface area contributed by atoms with Gasteiger partial charge >= 0.3 is 0 Å². The normalized spacial score (nSPS) is 27.2. The van der Waals surface area contributed by atoms with Crippen LogP contribution in [0.3, 0.4) is 0 Å². The summed E-state index contributed by atoms with van der Waals surface area (Å²) in [6, 6.07) is 2.36. The largest absolute Gasteiger partial charge is 0.319 e. The maximum atomic E-state index is 3.28. The first kappa shape index (κ1) is 9.22. The Morgan fingerprint density at radius 1 is 1.54 bits per heavy atom. The highest BCUT2D eigenvalue weighted by Crippen LogP contribution is 2.43. The molecule has 1 aromatic heterocycles. The Morgan fingerprint density at radius 3 is 2.85 bits per heavy atom. The summed E-state index contributed by atoms with van der Waals surface area (Å²) >= 11 is 1.88. The van der Waals surface area contributed by atoms with Gasteiger partial charge in [-0.3, -0.25) is 0 Å². The Kier molecular flexibility index (Phi) is 2.70. The molecule has 1 heterocycles. The number of hydrogen-bond donors (Lipinski definition) is 1. The van der Waals surface area contributed by atoms with Crippen molar-refractivity contribution in [2.24, 2.45) is 5.92 Å². The first-order valence-corrected chi connectivity index (χ1v) is 5.89. The smallest absolute Gasteiger partial charge is 0.00171 e. The van der Waals surface area contributed by atoms with Crippen molar-refractivity contribution in [1.29, 1.82) is 0 Å². The molecule has 0 aromatic carbocycles. The van der Waals surface area contributed by atoms with Gasteiger partial charge in [0.05, 0.1) is 0 Å². The van der Waals surface area contributed by atoms with Crippen LogP contribution in [0.15, 0.2) is 11.4 Å². The van der Waals surface area contributed by atoms with Crippen LogP contribution in [0.1, 0.15) is 29.2 Å². The molecular weight excluding hydrogens is 178 g/mol. The molecule has 0 radical (unpaired) electrons. The zero-order chi connectivity index (χ0) is 9.26. The van der Waals surface area contributed by atoms with E-state index in [0.29, 0.717) is 0 Å². The Hall–Kier alpha value is -0.340. The molecule has 1 N–H and O–H groups in total. The molecule has 0 aliphatic heterocycles. The Labute approximate surface area is 84.2 Å². The van der Waals surface area contributed by atoms with Crippen LogP contribution in [0.4, 0.5) is 0 Å². The molecule has 2 unspecified atom stereocenters. The summed E-state index contributed by atoms with van der Waals surface area (Å²) in [5, 5.41) is 5.61. The monoisotopic (exact) mass is 195 g/mol. The van der Waals surface area contributed by atoms with Crippen molar-refractivity contribution in [2.75, 3.05) is 13.6 Å². The number of nitrogens with one attached hydrogen (secondary N) is 1. The van der Waals surface area contributed by atoms with Gasteiger partial charge in [-0.15, -0.1) is 11.3 Å². The van der Waals surface area contributed by atoms with Crippen LogP contribution >= 0.6 is 11.3 Å². The van der Waals surface area contributed by atoms with E-state index in [-0.39, 0.29) is 0 Å². The third kappa shape index (κ3) is 1.79. The fourth-order valence-corrected chi connectivity index (χ4v) is 2.94. The van der Waals surface area contributed by atoms with Crippen LogP contribution in [-0.4, -0.2) is 13.6 Å². The first-order valence-electron chi connectivity index (χ1n) is 5.01. The lowest BCUT2D eigenvalue weighted by Gasteiger charge is -2.36. The maximum Gasteiger partial charge on any atom is 0.00171 e. The third-order valence-corrected chi connectivity index (χ3v) is 3.94. The highest BCUT2D eigenvalue weighted by atomic mass is 32.1. The van der Waals surface area contributed by atoms with Crippen LogP contribution < -0.4 is 5.32 Å². The van der Waals surface area contributed by atoms with E-state index in [9.17, 15) is 0 Å². The lowest BCUT2D eigenvalue weighted by Crippen LogP contribution is -2.31. The zero-order valence-electron chi connectivity index (χ0n) is 8.34. The van der Waals surface area contributed by atoms with Crippen LogP contribution in [0, 0.1) is 12.8 Å². The quantitative estimate of drug-likeness (QED) is 0.782. The van der Waals surface area contributed by atoms with Crippen LogP contribution in [0.5, 0.6) is 0 Å². The molecule has 13 heavy (non-hydrogen) atoms. The molecule has 72 valence electrons. The van der Waals surface area contributed by atoms with E-state index >= 15 is 0 Å². The van der Waals surface area contributed by atoms with Gasteiger partial charge in [0.2, 0.25) is 0 Å². The molecule has 2 rings (SSSR count). The molecule has 0 saturated heterocycles. The summed E-state index contributed by atoms with van der Waals surface area (Å²) in [7, 11) is 2.05. The highest BCUT2D eigenvalue weighted by molar-refractivity contribution is 7.10. The molecule has 1 aliphatic rings. The molecule has 0 amide bonds. The molecule has 0 spiro atoms. The molecule has 1 saturated carbocycles. The van der Waals surface area contributed by atoms with Crippen molar-refractivity contribution < 1.29 is 0 Å². The second-order valence-corrected chi connectivity index (χ2v) is 5.11. The Balaban J connectivity index is 2.01. The van der Waals surface area contributed by atoms with Crippen LogP contribution in [0.25, 0.3) is 0 Å². The SMILES string of the molecule is CNCC1CCC1c1csc(C)c1. The van der Waals surface area contributed by atoms with Crippen molar-refractivity contribution in [2.45, 2.75) is 25.7 Å². The summed E-state index contributed by atoms with van der Waals surface area (Å²) < 4.78 is 0. The van der Waals surface area contributed by atoms with Gasteiger partial charge in [0, 0.05) is 4.88 Å². The predicted octanol–water partition coefficient (Wildman–Crippen LogP) is 2.77. The van der Waals surface area contributed by atoms with Crippen molar-refractivity contribution in [3.05, 3.63) is 21.9 Å². The molecule has 1 aliphatic carbocycles. The van der Waals surface area contributed by atoms with Crippen LogP contribution in [0.2, 0.25) is 0 Å². The standard InChI is InChI=1S/C11H17NS/c1-8-5-10(7-13-8)11-4-3-9(11)6-12-2/h5,7,9,11-12H,3-4,6H2,1-2H3. The number of aryl methyl sites for hydroxylation is 1. The minimum absolute atomic E-state index is 0.845. The topological polar surface area (TPSA) is 12.0 Å². The fourth-order valence-electron chi connectivity index (χ4n) is 2.17. The molecule has 1 fully saturated rings. The predicted molar refractivity (Wildman–Crippen MR) is 58.4 cm³/mol. The molecule has 1 nitrogen and oxygen atoms in total. The summed E-state index contributed by atoms with van der Waals surface area (Å²) in [5.41, 5.74) is 1.58. The number of rotatable bonds is 3. The Morgan fingerprint density at radius 2 is 2.38 bits per heavy atom. The van der Waals surface area contributed by atoms with E-state index < -0.39 is 0 Å². The number of thiophene rings is 1. The first-order chi connectivity index (χ1) is 6.31. The molecule has 0 bridgehead atoms. The zero-order valence-corrected chi connectivity index (χ0v) is 9.16.